The molecule has 0 aliphatic heterocycles. The summed E-state index contributed by atoms with van der Waals surface area (Å²) in [6.07, 6.45) is -0.488. The van der Waals surface area contributed by atoms with Crippen molar-refractivity contribution >= 4 is 31.9 Å². The molecule has 0 bridgehead atoms. The number of rotatable bonds is 4. The van der Waals surface area contributed by atoms with E-state index in [-0.39, 0.29) is 6.61 Å². The molecule has 1 N–H and O–H groups in total. The maximum absolute atomic E-state index is 9.10. The summed E-state index contributed by atoms with van der Waals surface area (Å²) >= 11 is 6.72. The van der Waals surface area contributed by atoms with E-state index in [0.29, 0.717) is 5.75 Å². The summed E-state index contributed by atoms with van der Waals surface area (Å²) in [5.74, 6) is 1.40. The molecule has 1 atom stereocenters. The first kappa shape index (κ1) is 12.8. The lowest BCUT2D eigenvalue weighted by Gasteiger charge is -2.12. The number of halogens is 2. The highest BCUT2D eigenvalue weighted by molar-refractivity contribution is 9.11. The van der Waals surface area contributed by atoms with Gasteiger partial charge in [-0.1, -0.05) is 0 Å². The molecule has 0 saturated heterocycles. The molecule has 0 spiro atoms. The number of aliphatic hydroxyl groups excluding tert-OH is 1. The van der Waals surface area contributed by atoms with Gasteiger partial charge in [-0.2, -0.15) is 0 Å². The Labute approximate surface area is 106 Å². The molecule has 0 aromatic heterocycles. The van der Waals surface area contributed by atoms with Crippen molar-refractivity contribution in [3.05, 3.63) is 21.1 Å². The molecule has 1 unspecified atom stereocenters. The molecule has 15 heavy (non-hydrogen) atoms. The minimum absolute atomic E-state index is 0.261. The van der Waals surface area contributed by atoms with Gasteiger partial charge in [0.1, 0.15) is 18.1 Å². The van der Waals surface area contributed by atoms with Crippen LogP contribution >= 0.6 is 31.9 Å². The van der Waals surface area contributed by atoms with E-state index in [1.54, 1.807) is 20.1 Å². The second-order valence-corrected chi connectivity index (χ2v) is 4.79. The molecule has 84 valence electrons. The quantitative estimate of drug-likeness (QED) is 0.916. The average molecular weight is 340 g/mol. The first-order valence-corrected chi connectivity index (χ1v) is 5.97. The highest BCUT2D eigenvalue weighted by Gasteiger charge is 2.08. The third-order valence-electron chi connectivity index (χ3n) is 1.69. The zero-order valence-corrected chi connectivity index (χ0v) is 11.6. The lowest BCUT2D eigenvalue weighted by atomic mass is 10.3. The van der Waals surface area contributed by atoms with E-state index < -0.39 is 6.10 Å². The van der Waals surface area contributed by atoms with Crippen molar-refractivity contribution in [3.63, 3.8) is 0 Å². The molecule has 0 amide bonds. The van der Waals surface area contributed by atoms with Crippen molar-refractivity contribution in [1.29, 1.82) is 0 Å². The zero-order valence-electron chi connectivity index (χ0n) is 8.46. The van der Waals surface area contributed by atoms with Crippen LogP contribution in [0.15, 0.2) is 21.1 Å². The summed E-state index contributed by atoms with van der Waals surface area (Å²) in [4.78, 5) is 0. The van der Waals surface area contributed by atoms with Crippen LogP contribution in [-0.2, 0) is 0 Å². The van der Waals surface area contributed by atoms with Crippen LogP contribution in [0.5, 0.6) is 11.5 Å². The fraction of sp³-hybridized carbons (Fsp3) is 0.400. The van der Waals surface area contributed by atoms with Gasteiger partial charge in [0.05, 0.1) is 22.2 Å². The van der Waals surface area contributed by atoms with E-state index in [0.717, 1.165) is 14.7 Å². The molecule has 3 nitrogen and oxygen atoms in total. The second-order valence-electron chi connectivity index (χ2n) is 3.08. The highest BCUT2D eigenvalue weighted by Crippen LogP contribution is 2.35. The van der Waals surface area contributed by atoms with Gasteiger partial charge in [0.25, 0.3) is 0 Å². The summed E-state index contributed by atoms with van der Waals surface area (Å²) in [7, 11) is 1.60. The highest BCUT2D eigenvalue weighted by atomic mass is 79.9. The van der Waals surface area contributed by atoms with Crippen LogP contribution in [0.2, 0.25) is 0 Å². The maximum atomic E-state index is 9.10. The number of hydrogen-bond donors (Lipinski definition) is 1. The Morgan fingerprint density at radius 3 is 2.33 bits per heavy atom. The van der Waals surface area contributed by atoms with Gasteiger partial charge >= 0.3 is 0 Å². The molecule has 1 aromatic carbocycles. The molecule has 0 aliphatic rings. The van der Waals surface area contributed by atoms with Gasteiger partial charge in [0.15, 0.2) is 0 Å². The Balaban J connectivity index is 2.85. The van der Waals surface area contributed by atoms with Crippen LogP contribution in [-0.4, -0.2) is 24.9 Å². The Morgan fingerprint density at radius 1 is 1.27 bits per heavy atom. The summed E-state index contributed by atoms with van der Waals surface area (Å²) < 4.78 is 12.1. The molecular weight excluding hydrogens is 328 g/mol. The van der Waals surface area contributed by atoms with Gasteiger partial charge < -0.3 is 14.6 Å². The fourth-order valence-corrected chi connectivity index (χ4v) is 1.91. The van der Waals surface area contributed by atoms with Crippen LogP contribution < -0.4 is 9.47 Å². The van der Waals surface area contributed by atoms with Crippen LogP contribution in [0.1, 0.15) is 6.92 Å². The van der Waals surface area contributed by atoms with Gasteiger partial charge in [-0.05, 0) is 50.9 Å². The smallest absolute Gasteiger partial charge is 0.135 e. The van der Waals surface area contributed by atoms with E-state index in [1.807, 2.05) is 6.07 Å². The minimum atomic E-state index is -0.488. The van der Waals surface area contributed by atoms with Crippen molar-refractivity contribution in [2.45, 2.75) is 13.0 Å². The van der Waals surface area contributed by atoms with E-state index in [4.69, 9.17) is 14.6 Å². The number of methoxy groups -OCH3 is 1. The van der Waals surface area contributed by atoms with Crippen LogP contribution in [0, 0.1) is 0 Å². The maximum Gasteiger partial charge on any atom is 0.135 e. The fourth-order valence-electron chi connectivity index (χ4n) is 0.988. The molecule has 0 saturated carbocycles. The van der Waals surface area contributed by atoms with E-state index in [9.17, 15) is 0 Å². The topological polar surface area (TPSA) is 38.7 Å². The average Bonchev–Trinajstić information content (AvgIpc) is 2.18. The molecule has 0 radical (unpaired) electrons. The van der Waals surface area contributed by atoms with Crippen molar-refractivity contribution in [2.24, 2.45) is 0 Å². The van der Waals surface area contributed by atoms with Crippen LogP contribution in [0.25, 0.3) is 0 Å². The SMILES string of the molecule is COc1cc(Br)c(OCC(C)O)cc1Br. The third kappa shape index (κ3) is 3.66. The summed E-state index contributed by atoms with van der Waals surface area (Å²) in [6.45, 7) is 1.93. The van der Waals surface area contributed by atoms with Gasteiger partial charge in [-0.3, -0.25) is 0 Å². The van der Waals surface area contributed by atoms with Crippen molar-refractivity contribution in [3.8, 4) is 11.5 Å². The van der Waals surface area contributed by atoms with E-state index in [2.05, 4.69) is 31.9 Å². The lowest BCUT2D eigenvalue weighted by molar-refractivity contribution is 0.122. The zero-order chi connectivity index (χ0) is 11.4. The number of aliphatic hydroxyl groups is 1. The van der Waals surface area contributed by atoms with Gasteiger partial charge in [0.2, 0.25) is 0 Å². The summed E-state index contributed by atoms with van der Waals surface area (Å²) in [5, 5.41) is 9.10. The molecule has 0 aliphatic carbocycles. The lowest BCUT2D eigenvalue weighted by Crippen LogP contribution is -2.13. The summed E-state index contributed by atoms with van der Waals surface area (Å²) in [6, 6.07) is 3.60. The van der Waals surface area contributed by atoms with Crippen molar-refractivity contribution in [1.82, 2.24) is 0 Å². The predicted molar refractivity (Wildman–Crippen MR) is 65.6 cm³/mol. The molecule has 1 rings (SSSR count). The first-order valence-electron chi connectivity index (χ1n) is 4.38. The molecule has 5 heteroatoms. The molecular formula is C10H12Br2O3. The van der Waals surface area contributed by atoms with Gasteiger partial charge in [-0.25, -0.2) is 0 Å². The van der Waals surface area contributed by atoms with Crippen LogP contribution in [0.4, 0.5) is 0 Å². The van der Waals surface area contributed by atoms with Crippen molar-refractivity contribution in [2.75, 3.05) is 13.7 Å². The Bertz CT molecular complexity index is 340. The van der Waals surface area contributed by atoms with Gasteiger partial charge in [0, 0.05) is 0 Å². The van der Waals surface area contributed by atoms with E-state index in [1.165, 1.54) is 0 Å². The van der Waals surface area contributed by atoms with Crippen LogP contribution in [0.3, 0.4) is 0 Å². The van der Waals surface area contributed by atoms with Gasteiger partial charge in [-0.15, -0.1) is 0 Å². The minimum Gasteiger partial charge on any atom is -0.496 e. The van der Waals surface area contributed by atoms with Crippen molar-refractivity contribution < 1.29 is 14.6 Å². The predicted octanol–water partition coefficient (Wildman–Crippen LogP) is 2.98. The Kier molecular flexibility index (Phi) is 4.89. The Hall–Kier alpha value is -0.260. The normalized spacial score (nSPS) is 12.3. The van der Waals surface area contributed by atoms with E-state index >= 15 is 0 Å². The molecule has 0 heterocycles. The number of hydrogen-bond acceptors (Lipinski definition) is 3. The first-order chi connectivity index (χ1) is 7.04. The Morgan fingerprint density at radius 2 is 1.80 bits per heavy atom. The molecule has 0 fully saturated rings. The number of ether oxygens (including phenoxy) is 2. The summed E-state index contributed by atoms with van der Waals surface area (Å²) in [5.41, 5.74) is 0. The largest absolute Gasteiger partial charge is 0.496 e. The standard InChI is InChI=1S/C10H12Br2O3/c1-6(13)5-15-10-4-7(11)9(14-2)3-8(10)12/h3-4,6,13H,5H2,1-2H3. The third-order valence-corrected chi connectivity index (χ3v) is 2.93. The number of benzene rings is 1. The monoisotopic (exact) mass is 338 g/mol. The molecule has 1 aromatic rings. The second kappa shape index (κ2) is 5.72.